The van der Waals surface area contributed by atoms with E-state index >= 15 is 0 Å². The number of carbonyl (C=O) groups is 2. The van der Waals surface area contributed by atoms with Gasteiger partial charge in [-0.2, -0.15) is 0 Å². The lowest BCUT2D eigenvalue weighted by Gasteiger charge is -2.34. The summed E-state index contributed by atoms with van der Waals surface area (Å²) in [6.45, 7) is 2.54. The van der Waals surface area contributed by atoms with Crippen molar-refractivity contribution in [1.29, 1.82) is 0 Å². The number of nitrogens with two attached hydrogens (primary N) is 1. The molecule has 3 aromatic heterocycles. The predicted molar refractivity (Wildman–Crippen MR) is 120 cm³/mol. The van der Waals surface area contributed by atoms with Crippen molar-refractivity contribution in [3.05, 3.63) is 59.9 Å². The summed E-state index contributed by atoms with van der Waals surface area (Å²) in [6, 6.07) is 9.08. The first-order valence-electron chi connectivity index (χ1n) is 10.2. The van der Waals surface area contributed by atoms with Crippen LogP contribution in [0.4, 0.5) is 14.3 Å². The van der Waals surface area contributed by atoms with Gasteiger partial charge in [-0.15, -0.1) is 5.10 Å². The molecule has 1 saturated heterocycles. The number of amides is 3. The Kier molecular flexibility index (Phi) is 5.42. The van der Waals surface area contributed by atoms with Crippen molar-refractivity contribution in [2.45, 2.75) is 6.54 Å². The first kappa shape index (κ1) is 20.9. The van der Waals surface area contributed by atoms with Crippen molar-refractivity contribution in [3.8, 4) is 11.3 Å². The zero-order valence-electron chi connectivity index (χ0n) is 17.4. The Hall–Kier alpha value is -3.93. The summed E-state index contributed by atoms with van der Waals surface area (Å²) in [5.41, 5.74) is 6.73. The van der Waals surface area contributed by atoms with Gasteiger partial charge >= 0.3 is 6.03 Å². The monoisotopic (exact) mass is 469 g/mol. The summed E-state index contributed by atoms with van der Waals surface area (Å²) in [6.07, 6.45) is 1.82. The van der Waals surface area contributed by atoms with Crippen LogP contribution in [0, 0.1) is 5.82 Å². The van der Waals surface area contributed by atoms with Gasteiger partial charge in [0.15, 0.2) is 5.76 Å². The van der Waals surface area contributed by atoms with Gasteiger partial charge in [-0.1, -0.05) is 11.3 Å². The molecule has 0 radical (unpaired) electrons. The lowest BCUT2D eigenvalue weighted by Crippen LogP contribution is -2.51. The number of nitrogens with zero attached hydrogens (tertiary/aromatic N) is 5. The second kappa shape index (κ2) is 8.54. The van der Waals surface area contributed by atoms with Crippen molar-refractivity contribution in [2.24, 2.45) is 5.73 Å². The molecule has 0 saturated carbocycles. The largest absolute Gasteiger partial charge is 0.454 e. The topological polar surface area (TPSA) is 122 Å². The first-order valence-corrected chi connectivity index (χ1v) is 11.1. The molecule has 3 amide bonds. The number of hydrogen-bond donors (Lipinski definition) is 2. The predicted octanol–water partition coefficient (Wildman–Crippen LogP) is 2.32. The standard InChI is InChI=1S/C21H20FN7O3S/c22-14-3-1-13(2-4-14)16-12-29-20(25-16)33-21(26-29)28-9-7-27(8-10-28)19(31)24-11-15-5-6-17(32-15)18(23)30/h1-6,12H,7-11H2,(H2,23,30)(H,24,31). The highest BCUT2D eigenvalue weighted by molar-refractivity contribution is 7.20. The maximum Gasteiger partial charge on any atom is 0.317 e. The van der Waals surface area contributed by atoms with Gasteiger partial charge in [-0.3, -0.25) is 4.79 Å². The van der Waals surface area contributed by atoms with Gasteiger partial charge in [-0.25, -0.2) is 18.7 Å². The molecular formula is C21H20FN7O3S. The summed E-state index contributed by atoms with van der Waals surface area (Å²) in [7, 11) is 0. The number of piperazine rings is 1. The lowest BCUT2D eigenvalue weighted by atomic mass is 10.2. The molecule has 33 heavy (non-hydrogen) atoms. The first-order chi connectivity index (χ1) is 16.0. The number of benzene rings is 1. The van der Waals surface area contributed by atoms with Crippen molar-refractivity contribution in [1.82, 2.24) is 24.8 Å². The number of furan rings is 1. The van der Waals surface area contributed by atoms with Crippen LogP contribution in [0.5, 0.6) is 0 Å². The summed E-state index contributed by atoms with van der Waals surface area (Å²) >= 11 is 1.47. The fraction of sp³-hybridized carbons (Fsp3) is 0.238. The van der Waals surface area contributed by atoms with E-state index in [1.807, 2.05) is 6.20 Å². The average molecular weight is 470 g/mol. The minimum absolute atomic E-state index is 0.0624. The summed E-state index contributed by atoms with van der Waals surface area (Å²) in [5, 5.41) is 8.24. The van der Waals surface area contributed by atoms with Crippen LogP contribution >= 0.6 is 11.3 Å². The van der Waals surface area contributed by atoms with Gasteiger partial charge < -0.3 is 25.3 Å². The second-order valence-corrected chi connectivity index (χ2v) is 8.44. The third-order valence-electron chi connectivity index (χ3n) is 5.33. The van der Waals surface area contributed by atoms with Crippen molar-refractivity contribution >= 4 is 33.4 Å². The van der Waals surface area contributed by atoms with E-state index < -0.39 is 5.91 Å². The zero-order chi connectivity index (χ0) is 22.9. The van der Waals surface area contributed by atoms with Gasteiger partial charge in [0.1, 0.15) is 11.6 Å². The van der Waals surface area contributed by atoms with Crippen LogP contribution in [0.3, 0.4) is 0 Å². The lowest BCUT2D eigenvalue weighted by molar-refractivity contribution is 0.0972. The number of hydrogen-bond acceptors (Lipinski definition) is 7. The van der Waals surface area contributed by atoms with Crippen LogP contribution in [0.15, 0.2) is 47.0 Å². The summed E-state index contributed by atoms with van der Waals surface area (Å²) < 4.78 is 20.1. The van der Waals surface area contributed by atoms with Gasteiger partial charge in [-0.05, 0) is 36.4 Å². The molecule has 1 aliphatic rings. The van der Waals surface area contributed by atoms with Gasteiger partial charge in [0, 0.05) is 31.7 Å². The number of rotatable bonds is 5. The minimum atomic E-state index is -0.648. The molecule has 5 rings (SSSR count). The molecule has 1 aromatic carbocycles. The van der Waals surface area contributed by atoms with Crippen molar-refractivity contribution < 1.29 is 18.4 Å². The number of imidazole rings is 1. The third kappa shape index (κ3) is 4.37. The SMILES string of the molecule is NC(=O)c1ccc(CNC(=O)N2CCN(c3nn4cc(-c5ccc(F)cc5)nc4s3)CC2)o1. The minimum Gasteiger partial charge on any atom is -0.454 e. The number of halogens is 1. The quantitative estimate of drug-likeness (QED) is 0.463. The molecule has 170 valence electrons. The Labute approximate surface area is 191 Å². The Morgan fingerprint density at radius 2 is 1.88 bits per heavy atom. The van der Waals surface area contributed by atoms with Crippen LogP contribution in [0.25, 0.3) is 16.2 Å². The normalized spacial score (nSPS) is 14.1. The van der Waals surface area contributed by atoms with Crippen LogP contribution in [-0.4, -0.2) is 57.6 Å². The van der Waals surface area contributed by atoms with Crippen LogP contribution in [0.2, 0.25) is 0 Å². The van der Waals surface area contributed by atoms with E-state index in [2.05, 4.69) is 20.3 Å². The Bertz CT molecular complexity index is 1270. The Morgan fingerprint density at radius 1 is 1.12 bits per heavy atom. The van der Waals surface area contributed by atoms with Crippen LogP contribution in [-0.2, 0) is 6.54 Å². The molecule has 0 spiro atoms. The summed E-state index contributed by atoms with van der Waals surface area (Å²) in [5.74, 6) is -0.412. The molecule has 1 fully saturated rings. The van der Waals surface area contributed by atoms with Gasteiger partial charge in [0.05, 0.1) is 18.4 Å². The average Bonchev–Trinajstić information content (AvgIpc) is 3.53. The zero-order valence-corrected chi connectivity index (χ0v) is 18.2. The molecule has 0 aliphatic carbocycles. The number of primary amides is 1. The molecule has 0 unspecified atom stereocenters. The van der Waals surface area contributed by atoms with E-state index in [9.17, 15) is 14.0 Å². The molecule has 4 heterocycles. The summed E-state index contributed by atoms with van der Waals surface area (Å²) in [4.78, 5) is 32.7. The molecule has 0 atom stereocenters. The van der Waals surface area contributed by atoms with E-state index in [0.29, 0.717) is 31.9 Å². The number of carbonyl (C=O) groups excluding carboxylic acids is 2. The maximum atomic E-state index is 13.1. The number of nitrogens with one attached hydrogen (secondary N) is 1. The number of anilines is 1. The molecule has 1 aliphatic heterocycles. The Morgan fingerprint density at radius 3 is 2.55 bits per heavy atom. The molecule has 10 nitrogen and oxygen atoms in total. The van der Waals surface area contributed by atoms with E-state index in [1.54, 1.807) is 27.6 Å². The molecule has 12 heteroatoms. The molecule has 4 aromatic rings. The highest BCUT2D eigenvalue weighted by Crippen LogP contribution is 2.27. The van der Waals surface area contributed by atoms with E-state index in [1.165, 1.54) is 29.5 Å². The van der Waals surface area contributed by atoms with E-state index in [4.69, 9.17) is 10.2 Å². The molecule has 0 bridgehead atoms. The highest BCUT2D eigenvalue weighted by Gasteiger charge is 2.24. The fourth-order valence-electron chi connectivity index (χ4n) is 3.56. The van der Waals surface area contributed by atoms with E-state index in [-0.39, 0.29) is 24.2 Å². The van der Waals surface area contributed by atoms with Crippen LogP contribution < -0.4 is 16.0 Å². The van der Waals surface area contributed by atoms with Crippen molar-refractivity contribution in [2.75, 3.05) is 31.1 Å². The van der Waals surface area contributed by atoms with Crippen molar-refractivity contribution in [3.63, 3.8) is 0 Å². The number of fused-ring (bicyclic) bond motifs is 1. The maximum absolute atomic E-state index is 13.1. The smallest absolute Gasteiger partial charge is 0.317 e. The molecule has 3 N–H and O–H groups in total. The molecular weight excluding hydrogens is 449 g/mol. The van der Waals surface area contributed by atoms with Crippen LogP contribution in [0.1, 0.15) is 16.3 Å². The highest BCUT2D eigenvalue weighted by atomic mass is 32.1. The second-order valence-electron chi connectivity index (χ2n) is 7.51. The Balaban J connectivity index is 1.16. The van der Waals surface area contributed by atoms with Gasteiger partial charge in [0.25, 0.3) is 5.91 Å². The van der Waals surface area contributed by atoms with Gasteiger partial charge in [0.2, 0.25) is 10.1 Å². The fourth-order valence-corrected chi connectivity index (χ4v) is 4.49. The number of urea groups is 1. The number of aromatic nitrogens is 3. The van der Waals surface area contributed by atoms with E-state index in [0.717, 1.165) is 21.3 Å². The third-order valence-corrected chi connectivity index (χ3v) is 6.31.